The lowest BCUT2D eigenvalue weighted by molar-refractivity contribution is -0.131. The molecule has 2 fully saturated rings. The molecule has 0 aliphatic carbocycles. The van der Waals surface area contributed by atoms with E-state index in [0.717, 1.165) is 25.2 Å². The van der Waals surface area contributed by atoms with Crippen molar-refractivity contribution in [1.29, 1.82) is 0 Å². The first-order valence-electron chi connectivity index (χ1n) is 6.44. The number of nitrogens with zero attached hydrogens (tertiary/aromatic N) is 2. The fraction of sp³-hybridized carbons (Fsp3) is 0.769. The van der Waals surface area contributed by atoms with Crippen LogP contribution in [0.2, 0.25) is 0 Å². The van der Waals surface area contributed by atoms with Crippen LogP contribution in [-0.4, -0.2) is 59.1 Å². The SMILES string of the molecule is CC(=CC(=O)O)CN1CC2CCCN2CC1C. The second-order valence-corrected chi connectivity index (χ2v) is 5.40. The van der Waals surface area contributed by atoms with Crippen LogP contribution in [0, 0.1) is 0 Å². The standard InChI is InChI=1S/C13H22N2O2/c1-10(6-13(16)17)7-15-9-12-4-3-5-14(12)8-11(15)2/h6,11-12H,3-5,7-9H2,1-2H3,(H,16,17). The molecule has 0 amide bonds. The van der Waals surface area contributed by atoms with Gasteiger partial charge in [-0.25, -0.2) is 4.79 Å². The van der Waals surface area contributed by atoms with Crippen molar-refractivity contribution >= 4 is 5.97 Å². The van der Waals surface area contributed by atoms with E-state index in [4.69, 9.17) is 5.11 Å². The van der Waals surface area contributed by atoms with Crippen molar-refractivity contribution in [2.24, 2.45) is 0 Å². The zero-order valence-electron chi connectivity index (χ0n) is 10.7. The summed E-state index contributed by atoms with van der Waals surface area (Å²) in [7, 11) is 0. The molecule has 0 aromatic rings. The number of hydrogen-bond donors (Lipinski definition) is 1. The Morgan fingerprint density at radius 2 is 2.24 bits per heavy atom. The van der Waals surface area contributed by atoms with Crippen LogP contribution < -0.4 is 0 Å². The number of carboxylic acid groups (broad SMARTS) is 1. The number of rotatable bonds is 3. The average molecular weight is 238 g/mol. The van der Waals surface area contributed by atoms with Crippen molar-refractivity contribution in [2.45, 2.75) is 38.8 Å². The van der Waals surface area contributed by atoms with Crippen LogP contribution in [-0.2, 0) is 4.79 Å². The lowest BCUT2D eigenvalue weighted by Gasteiger charge is -2.42. The van der Waals surface area contributed by atoms with Crippen molar-refractivity contribution in [2.75, 3.05) is 26.2 Å². The van der Waals surface area contributed by atoms with Crippen molar-refractivity contribution < 1.29 is 9.90 Å². The molecule has 2 aliphatic rings. The van der Waals surface area contributed by atoms with Gasteiger partial charge in [0, 0.05) is 37.8 Å². The van der Waals surface area contributed by atoms with Gasteiger partial charge in [-0.05, 0) is 33.2 Å². The maximum absolute atomic E-state index is 10.6. The zero-order valence-corrected chi connectivity index (χ0v) is 10.7. The van der Waals surface area contributed by atoms with Crippen LogP contribution in [0.3, 0.4) is 0 Å². The van der Waals surface area contributed by atoms with Crippen LogP contribution >= 0.6 is 0 Å². The highest BCUT2D eigenvalue weighted by molar-refractivity contribution is 5.80. The van der Waals surface area contributed by atoms with Gasteiger partial charge in [-0.1, -0.05) is 5.57 Å². The minimum atomic E-state index is -0.838. The molecule has 2 heterocycles. The fourth-order valence-electron chi connectivity index (χ4n) is 3.04. The first-order valence-corrected chi connectivity index (χ1v) is 6.44. The summed E-state index contributed by atoms with van der Waals surface area (Å²) in [5.41, 5.74) is 0.941. The van der Waals surface area contributed by atoms with Crippen LogP contribution in [0.1, 0.15) is 26.7 Å². The summed E-state index contributed by atoms with van der Waals surface area (Å²) in [5.74, 6) is -0.838. The zero-order chi connectivity index (χ0) is 12.4. The van der Waals surface area contributed by atoms with Gasteiger partial charge in [-0.2, -0.15) is 0 Å². The maximum atomic E-state index is 10.6. The van der Waals surface area contributed by atoms with E-state index in [1.54, 1.807) is 0 Å². The van der Waals surface area contributed by atoms with Crippen LogP contribution in [0.5, 0.6) is 0 Å². The molecule has 0 aromatic heterocycles. The Balaban J connectivity index is 1.94. The van der Waals surface area contributed by atoms with Gasteiger partial charge in [0.1, 0.15) is 0 Å². The van der Waals surface area contributed by atoms with Crippen molar-refractivity contribution in [3.05, 3.63) is 11.6 Å². The van der Waals surface area contributed by atoms with E-state index >= 15 is 0 Å². The molecular formula is C13H22N2O2. The first-order chi connectivity index (χ1) is 8.06. The highest BCUT2D eigenvalue weighted by Crippen LogP contribution is 2.24. The molecule has 0 bridgehead atoms. The molecular weight excluding hydrogens is 216 g/mol. The summed E-state index contributed by atoms with van der Waals surface area (Å²) < 4.78 is 0. The molecule has 0 saturated carbocycles. The predicted molar refractivity (Wildman–Crippen MR) is 67.0 cm³/mol. The lowest BCUT2D eigenvalue weighted by Crippen LogP contribution is -2.55. The van der Waals surface area contributed by atoms with E-state index in [2.05, 4.69) is 16.7 Å². The summed E-state index contributed by atoms with van der Waals surface area (Å²) >= 11 is 0. The molecule has 2 saturated heterocycles. The summed E-state index contributed by atoms with van der Waals surface area (Å²) in [4.78, 5) is 15.6. The molecule has 0 radical (unpaired) electrons. The van der Waals surface area contributed by atoms with Gasteiger partial charge in [0.05, 0.1) is 0 Å². The van der Waals surface area contributed by atoms with Crippen molar-refractivity contribution in [1.82, 2.24) is 9.80 Å². The third kappa shape index (κ3) is 3.07. The third-order valence-corrected chi connectivity index (χ3v) is 3.89. The molecule has 0 aromatic carbocycles. The topological polar surface area (TPSA) is 43.8 Å². The molecule has 2 aliphatic heterocycles. The van der Waals surface area contributed by atoms with Crippen LogP contribution in [0.4, 0.5) is 0 Å². The summed E-state index contributed by atoms with van der Waals surface area (Å²) in [6, 6.07) is 1.23. The van der Waals surface area contributed by atoms with E-state index in [0.29, 0.717) is 12.1 Å². The van der Waals surface area contributed by atoms with Crippen LogP contribution in [0.25, 0.3) is 0 Å². The summed E-state index contributed by atoms with van der Waals surface area (Å²) in [5, 5.41) is 8.73. The van der Waals surface area contributed by atoms with Crippen LogP contribution in [0.15, 0.2) is 11.6 Å². The Labute approximate surface area is 103 Å². The maximum Gasteiger partial charge on any atom is 0.328 e. The van der Waals surface area contributed by atoms with E-state index in [1.807, 2.05) is 6.92 Å². The van der Waals surface area contributed by atoms with E-state index in [1.165, 1.54) is 25.5 Å². The molecule has 17 heavy (non-hydrogen) atoms. The number of fused-ring (bicyclic) bond motifs is 1. The molecule has 96 valence electrons. The highest BCUT2D eigenvalue weighted by atomic mass is 16.4. The van der Waals surface area contributed by atoms with Gasteiger partial charge in [0.15, 0.2) is 0 Å². The van der Waals surface area contributed by atoms with Gasteiger partial charge < -0.3 is 5.11 Å². The molecule has 2 rings (SSSR count). The Kier molecular flexibility index (Phi) is 3.84. The van der Waals surface area contributed by atoms with Crippen molar-refractivity contribution in [3.8, 4) is 0 Å². The predicted octanol–water partition coefficient (Wildman–Crippen LogP) is 1.19. The second kappa shape index (κ2) is 5.19. The average Bonchev–Trinajstić information content (AvgIpc) is 2.63. The molecule has 1 N–H and O–H groups in total. The first kappa shape index (κ1) is 12.6. The largest absolute Gasteiger partial charge is 0.478 e. The number of carbonyl (C=O) groups is 1. The van der Waals surface area contributed by atoms with Gasteiger partial charge in [0.25, 0.3) is 0 Å². The Morgan fingerprint density at radius 1 is 1.47 bits per heavy atom. The number of aliphatic carboxylic acids is 1. The summed E-state index contributed by atoms with van der Waals surface area (Å²) in [6.45, 7) is 8.39. The van der Waals surface area contributed by atoms with Gasteiger partial charge in [0.2, 0.25) is 0 Å². The number of carboxylic acids is 1. The second-order valence-electron chi connectivity index (χ2n) is 5.40. The quantitative estimate of drug-likeness (QED) is 0.750. The Bertz CT molecular complexity index is 327. The highest BCUT2D eigenvalue weighted by Gasteiger charge is 2.34. The van der Waals surface area contributed by atoms with E-state index in [-0.39, 0.29) is 0 Å². The minimum absolute atomic E-state index is 0.529. The third-order valence-electron chi connectivity index (χ3n) is 3.89. The van der Waals surface area contributed by atoms with E-state index < -0.39 is 5.97 Å². The Morgan fingerprint density at radius 3 is 2.94 bits per heavy atom. The van der Waals surface area contributed by atoms with Crippen molar-refractivity contribution in [3.63, 3.8) is 0 Å². The monoisotopic (exact) mass is 238 g/mol. The van der Waals surface area contributed by atoms with E-state index in [9.17, 15) is 4.79 Å². The molecule has 2 atom stereocenters. The lowest BCUT2D eigenvalue weighted by atomic mass is 10.1. The number of piperazine rings is 1. The molecule has 0 spiro atoms. The summed E-state index contributed by atoms with van der Waals surface area (Å²) in [6.07, 6.45) is 3.94. The smallest absolute Gasteiger partial charge is 0.328 e. The normalized spacial score (nSPS) is 31.5. The molecule has 4 nitrogen and oxygen atoms in total. The fourth-order valence-corrected chi connectivity index (χ4v) is 3.04. The molecule has 4 heteroatoms. The molecule has 2 unspecified atom stereocenters. The number of hydrogen-bond acceptors (Lipinski definition) is 3. The van der Waals surface area contributed by atoms with Gasteiger partial charge in [-0.15, -0.1) is 0 Å². The Hall–Kier alpha value is -0.870. The van der Waals surface area contributed by atoms with Gasteiger partial charge >= 0.3 is 5.97 Å². The minimum Gasteiger partial charge on any atom is -0.478 e. The van der Waals surface area contributed by atoms with Gasteiger partial charge in [-0.3, -0.25) is 9.80 Å².